The van der Waals surface area contributed by atoms with E-state index in [-0.39, 0.29) is 11.3 Å². The first-order chi connectivity index (χ1) is 17.7. The predicted octanol–water partition coefficient (Wildman–Crippen LogP) is 6.29. The summed E-state index contributed by atoms with van der Waals surface area (Å²) in [7, 11) is -1.80. The van der Waals surface area contributed by atoms with Crippen LogP contribution in [-0.4, -0.2) is 27.9 Å². The van der Waals surface area contributed by atoms with E-state index in [1.807, 2.05) is 19.1 Å². The minimum atomic E-state index is -3.54. The fourth-order valence-corrected chi connectivity index (χ4v) is 8.68. The molecule has 0 spiro atoms. The lowest BCUT2D eigenvalue weighted by Gasteiger charge is -2.48. The third-order valence-corrected chi connectivity index (χ3v) is 11.3. The van der Waals surface area contributed by atoms with Crippen molar-refractivity contribution >= 4 is 15.8 Å². The Hall–Kier alpha value is -2.18. The summed E-state index contributed by atoms with van der Waals surface area (Å²) in [5, 5.41) is 0. The van der Waals surface area contributed by atoms with Crippen LogP contribution in [0.5, 0.6) is 5.75 Å². The molecule has 2 fully saturated rings. The fraction of sp³-hybridized carbons (Fsp3) is 0.581. The molecule has 0 radical (unpaired) electrons. The Balaban J connectivity index is 1.36. The second-order valence-corrected chi connectivity index (χ2v) is 13.5. The van der Waals surface area contributed by atoms with Crippen molar-refractivity contribution in [2.24, 2.45) is 17.3 Å². The Morgan fingerprint density at radius 3 is 2.57 bits per heavy atom. The average molecular weight is 524 g/mol. The van der Waals surface area contributed by atoms with E-state index in [2.05, 4.69) is 30.7 Å². The Kier molecular flexibility index (Phi) is 7.27. The van der Waals surface area contributed by atoms with Crippen molar-refractivity contribution in [1.29, 1.82) is 0 Å². The molecule has 5 atom stereocenters. The lowest BCUT2D eigenvalue weighted by Crippen LogP contribution is -2.42. The maximum absolute atomic E-state index is 12.8. The van der Waals surface area contributed by atoms with E-state index in [9.17, 15) is 13.2 Å². The van der Waals surface area contributed by atoms with E-state index >= 15 is 0 Å². The van der Waals surface area contributed by atoms with Crippen molar-refractivity contribution in [3.8, 4) is 5.75 Å². The highest BCUT2D eigenvalue weighted by Crippen LogP contribution is 2.60. The molecule has 3 aliphatic carbocycles. The highest BCUT2D eigenvalue weighted by Gasteiger charge is 2.54. The number of rotatable bonds is 8. The van der Waals surface area contributed by atoms with Gasteiger partial charge in [-0.15, -0.1) is 0 Å². The topological polar surface area (TPSA) is 72.5 Å². The lowest BCUT2D eigenvalue weighted by molar-refractivity contribution is -0.129. The van der Waals surface area contributed by atoms with Crippen molar-refractivity contribution < 1.29 is 17.9 Å². The molecule has 6 heteroatoms. The normalized spacial score (nSPS) is 27.8. The number of ketones is 1. The molecule has 37 heavy (non-hydrogen) atoms. The number of methoxy groups -OCH3 is 1. The summed E-state index contributed by atoms with van der Waals surface area (Å²) in [6.07, 6.45) is 7.69. The number of nitrogens with one attached hydrogen (secondary N) is 1. The van der Waals surface area contributed by atoms with Gasteiger partial charge in [-0.25, -0.2) is 13.1 Å². The molecule has 1 N–H and O–H groups in total. The number of fused-ring (bicyclic) bond motifs is 5. The van der Waals surface area contributed by atoms with Crippen LogP contribution >= 0.6 is 0 Å². The van der Waals surface area contributed by atoms with Gasteiger partial charge in [0.25, 0.3) is 0 Å². The summed E-state index contributed by atoms with van der Waals surface area (Å²) in [4.78, 5) is 13.0. The molecule has 0 amide bonds. The van der Waals surface area contributed by atoms with E-state index in [0.717, 1.165) is 56.3 Å². The number of carbonyl (C=O) groups is 1. The van der Waals surface area contributed by atoms with Crippen LogP contribution in [0.25, 0.3) is 0 Å². The third-order valence-electron chi connectivity index (χ3n) is 9.83. The number of aryl methyl sites for hydroxylation is 2. The summed E-state index contributed by atoms with van der Waals surface area (Å²) >= 11 is 0. The monoisotopic (exact) mass is 523 g/mol. The van der Waals surface area contributed by atoms with E-state index < -0.39 is 10.0 Å². The van der Waals surface area contributed by atoms with E-state index in [0.29, 0.717) is 41.4 Å². The second-order valence-electron chi connectivity index (χ2n) is 11.7. The van der Waals surface area contributed by atoms with Gasteiger partial charge in [0.15, 0.2) is 0 Å². The number of Topliss-reactive ketones (excluding diaryl/α,β-unsaturated/α-hetero) is 1. The maximum Gasteiger partial charge on any atom is 0.240 e. The largest absolute Gasteiger partial charge is 0.496 e. The van der Waals surface area contributed by atoms with Crippen molar-refractivity contribution in [1.82, 2.24) is 4.72 Å². The summed E-state index contributed by atoms with van der Waals surface area (Å²) in [6.45, 7) is 6.71. The number of ether oxygens (including phenoxy) is 1. The highest BCUT2D eigenvalue weighted by atomic mass is 32.2. The summed E-state index contributed by atoms with van der Waals surface area (Å²) in [5.41, 5.74) is 4.95. The van der Waals surface area contributed by atoms with E-state index in [1.54, 1.807) is 19.2 Å². The first kappa shape index (κ1) is 26.4. The molecule has 0 aromatic heterocycles. The molecular formula is C31H41NO4S. The first-order valence-corrected chi connectivity index (χ1v) is 15.5. The molecule has 0 saturated heterocycles. The standard InChI is InChI=1S/C31H41NO4S/c1-5-21(15-17-32-37(34,35)23-9-6-20(2)7-10-23)27-19-26-22(18-29(27)36-4)8-11-25-24(26)14-16-31(3)28(25)12-13-30(31)33/h6-7,9-10,18-19,21,24-25,28,32H,5,8,11-17H2,1-4H3/t21?,24?,25?,28?,31-/m0/s1. The van der Waals surface area contributed by atoms with Gasteiger partial charge in [0.2, 0.25) is 10.0 Å². The average Bonchev–Trinajstić information content (AvgIpc) is 3.20. The zero-order chi connectivity index (χ0) is 26.4. The van der Waals surface area contributed by atoms with Crippen LogP contribution in [0.15, 0.2) is 41.3 Å². The van der Waals surface area contributed by atoms with Gasteiger partial charge in [0.05, 0.1) is 12.0 Å². The Morgan fingerprint density at radius 1 is 1.11 bits per heavy atom. The van der Waals surface area contributed by atoms with E-state index in [1.165, 1.54) is 16.7 Å². The van der Waals surface area contributed by atoms with E-state index in [4.69, 9.17) is 4.74 Å². The Morgan fingerprint density at radius 2 is 1.86 bits per heavy atom. The van der Waals surface area contributed by atoms with Crippen LogP contribution in [0.2, 0.25) is 0 Å². The molecule has 2 saturated carbocycles. The van der Waals surface area contributed by atoms with Crippen molar-refractivity contribution in [2.45, 2.75) is 88.9 Å². The molecule has 4 unspecified atom stereocenters. The number of hydrogen-bond acceptors (Lipinski definition) is 4. The van der Waals surface area contributed by atoms with Crippen LogP contribution in [0.3, 0.4) is 0 Å². The van der Waals surface area contributed by atoms with Gasteiger partial charge in [-0.2, -0.15) is 0 Å². The molecular weight excluding hydrogens is 482 g/mol. The van der Waals surface area contributed by atoms with Crippen molar-refractivity contribution in [3.63, 3.8) is 0 Å². The molecule has 5 rings (SSSR count). The smallest absolute Gasteiger partial charge is 0.240 e. The van der Waals surface area contributed by atoms with Gasteiger partial charge >= 0.3 is 0 Å². The zero-order valence-corrected chi connectivity index (χ0v) is 23.5. The highest BCUT2D eigenvalue weighted by molar-refractivity contribution is 7.89. The minimum absolute atomic E-state index is 0.117. The van der Waals surface area contributed by atoms with Gasteiger partial charge in [0.1, 0.15) is 11.5 Å². The van der Waals surface area contributed by atoms with Gasteiger partial charge in [-0.05, 0) is 110 Å². The number of carbonyl (C=O) groups excluding carboxylic acids is 1. The number of hydrogen-bond donors (Lipinski definition) is 1. The third kappa shape index (κ3) is 4.76. The molecule has 0 aliphatic heterocycles. The van der Waals surface area contributed by atoms with Crippen LogP contribution in [0, 0.1) is 24.2 Å². The molecule has 200 valence electrons. The summed E-state index contributed by atoms with van der Waals surface area (Å²) < 4.78 is 34.3. The Bertz CT molecular complexity index is 1270. The maximum atomic E-state index is 12.8. The number of benzene rings is 2. The second kappa shape index (κ2) is 10.2. The van der Waals surface area contributed by atoms with Gasteiger partial charge in [-0.1, -0.05) is 37.6 Å². The van der Waals surface area contributed by atoms with Crippen molar-refractivity contribution in [3.05, 3.63) is 58.7 Å². The first-order valence-electron chi connectivity index (χ1n) is 14.0. The predicted molar refractivity (Wildman–Crippen MR) is 147 cm³/mol. The van der Waals surface area contributed by atoms with Crippen molar-refractivity contribution in [2.75, 3.05) is 13.7 Å². The minimum Gasteiger partial charge on any atom is -0.496 e. The van der Waals surface area contributed by atoms with Crippen LogP contribution < -0.4 is 9.46 Å². The quantitative estimate of drug-likeness (QED) is 0.441. The summed E-state index contributed by atoms with van der Waals surface area (Å²) in [6, 6.07) is 11.6. The fourth-order valence-electron chi connectivity index (χ4n) is 7.63. The van der Waals surface area contributed by atoms with Crippen LogP contribution in [0.4, 0.5) is 0 Å². The lowest BCUT2D eigenvalue weighted by atomic mass is 9.55. The molecule has 2 aromatic carbocycles. The molecule has 3 aliphatic rings. The number of sulfonamides is 1. The van der Waals surface area contributed by atoms with Crippen LogP contribution in [-0.2, 0) is 21.2 Å². The Labute approximate surface area is 222 Å². The van der Waals surface area contributed by atoms with Gasteiger partial charge < -0.3 is 4.74 Å². The zero-order valence-electron chi connectivity index (χ0n) is 22.7. The van der Waals surface area contributed by atoms with Gasteiger partial charge in [0, 0.05) is 18.4 Å². The molecule has 0 heterocycles. The van der Waals surface area contributed by atoms with Gasteiger partial charge in [-0.3, -0.25) is 4.79 Å². The SMILES string of the molecule is CCC(CCNS(=O)(=O)c1ccc(C)cc1)c1cc2c(cc1OC)CCC1C2CC[C@]2(C)C(=O)CCC12. The van der Waals surface area contributed by atoms with Crippen LogP contribution in [0.1, 0.15) is 92.9 Å². The molecule has 5 nitrogen and oxygen atoms in total. The molecule has 0 bridgehead atoms. The summed E-state index contributed by atoms with van der Waals surface area (Å²) in [5.74, 6) is 3.20. The molecule has 2 aromatic rings.